The van der Waals surface area contributed by atoms with Gasteiger partial charge in [0.25, 0.3) is 0 Å². The summed E-state index contributed by atoms with van der Waals surface area (Å²) in [5.41, 5.74) is 5.23. The Kier molecular flexibility index (Phi) is 2.22. The maximum atomic E-state index is 9.09. The van der Waals surface area contributed by atoms with Crippen molar-refractivity contribution in [3.8, 4) is 11.8 Å². The van der Waals surface area contributed by atoms with Gasteiger partial charge in [-0.3, -0.25) is 0 Å². The fourth-order valence-corrected chi connectivity index (χ4v) is 2.50. The fraction of sp³-hybridized carbons (Fsp3) is 0.286. The molecule has 0 bridgehead atoms. The predicted octanol–water partition coefficient (Wildman–Crippen LogP) is 2.54. The van der Waals surface area contributed by atoms with Gasteiger partial charge in [0.1, 0.15) is 6.07 Å². The monoisotopic (exact) mass is 223 g/mol. The standard InChI is InChI=1S/C14H13N3/c1-10-4-2-5-11(8-10)17-14-7-3-6-12(14)13(9-15)16-17/h2,4-5,8H,3,6-7H2,1H3. The lowest BCUT2D eigenvalue weighted by molar-refractivity contribution is 0.779. The molecule has 3 rings (SSSR count). The van der Waals surface area contributed by atoms with Gasteiger partial charge in [-0.1, -0.05) is 12.1 Å². The molecule has 0 unspecified atom stereocenters. The Labute approximate surface area is 100 Å². The number of aromatic nitrogens is 2. The number of nitriles is 1. The summed E-state index contributed by atoms with van der Waals surface area (Å²) >= 11 is 0. The van der Waals surface area contributed by atoms with E-state index in [0.717, 1.165) is 30.5 Å². The topological polar surface area (TPSA) is 41.6 Å². The SMILES string of the molecule is Cc1cccc(-n2nc(C#N)c3c2CCC3)c1. The zero-order chi connectivity index (χ0) is 11.8. The molecule has 1 heterocycles. The van der Waals surface area contributed by atoms with E-state index in [9.17, 15) is 0 Å². The summed E-state index contributed by atoms with van der Waals surface area (Å²) in [5.74, 6) is 0. The first-order valence-electron chi connectivity index (χ1n) is 5.87. The van der Waals surface area contributed by atoms with Gasteiger partial charge in [0, 0.05) is 11.3 Å². The van der Waals surface area contributed by atoms with Crippen molar-refractivity contribution in [1.82, 2.24) is 9.78 Å². The molecule has 0 fully saturated rings. The highest BCUT2D eigenvalue weighted by Gasteiger charge is 2.22. The van der Waals surface area contributed by atoms with Crippen molar-refractivity contribution in [1.29, 1.82) is 5.26 Å². The van der Waals surface area contributed by atoms with Crippen LogP contribution in [-0.4, -0.2) is 9.78 Å². The van der Waals surface area contributed by atoms with Crippen molar-refractivity contribution in [3.63, 3.8) is 0 Å². The van der Waals surface area contributed by atoms with Crippen molar-refractivity contribution in [2.45, 2.75) is 26.2 Å². The fourth-order valence-electron chi connectivity index (χ4n) is 2.50. The molecule has 0 N–H and O–H groups in total. The Hall–Kier alpha value is -2.08. The number of benzene rings is 1. The van der Waals surface area contributed by atoms with Gasteiger partial charge in [-0.2, -0.15) is 10.4 Å². The molecule has 3 heteroatoms. The maximum Gasteiger partial charge on any atom is 0.166 e. The first kappa shape index (κ1) is 10.1. The lowest BCUT2D eigenvalue weighted by atomic mass is 10.2. The molecule has 0 saturated carbocycles. The van der Waals surface area contributed by atoms with Crippen molar-refractivity contribution in [2.24, 2.45) is 0 Å². The van der Waals surface area contributed by atoms with Crippen LogP contribution < -0.4 is 0 Å². The quantitative estimate of drug-likeness (QED) is 0.745. The van der Waals surface area contributed by atoms with Crippen molar-refractivity contribution in [3.05, 3.63) is 46.8 Å². The molecule has 0 saturated heterocycles. The van der Waals surface area contributed by atoms with Crippen LogP contribution in [0.2, 0.25) is 0 Å². The summed E-state index contributed by atoms with van der Waals surface area (Å²) in [7, 11) is 0. The smallest absolute Gasteiger partial charge is 0.166 e. The largest absolute Gasteiger partial charge is 0.236 e. The van der Waals surface area contributed by atoms with E-state index in [0.29, 0.717) is 5.69 Å². The van der Waals surface area contributed by atoms with E-state index in [2.05, 4.69) is 30.2 Å². The molecule has 1 aromatic heterocycles. The van der Waals surface area contributed by atoms with Crippen molar-refractivity contribution < 1.29 is 0 Å². The third kappa shape index (κ3) is 1.53. The molecule has 17 heavy (non-hydrogen) atoms. The zero-order valence-electron chi connectivity index (χ0n) is 9.77. The average Bonchev–Trinajstić information content (AvgIpc) is 2.89. The number of nitrogens with zero attached hydrogens (tertiary/aromatic N) is 3. The first-order chi connectivity index (χ1) is 8.29. The number of fused-ring (bicyclic) bond motifs is 1. The summed E-state index contributed by atoms with van der Waals surface area (Å²) < 4.78 is 1.94. The second-order valence-corrected chi connectivity index (χ2v) is 4.49. The number of hydrogen-bond acceptors (Lipinski definition) is 2. The molecule has 0 aliphatic heterocycles. The van der Waals surface area contributed by atoms with Crippen LogP contribution >= 0.6 is 0 Å². The summed E-state index contributed by atoms with van der Waals surface area (Å²) in [5, 5.41) is 13.5. The summed E-state index contributed by atoms with van der Waals surface area (Å²) in [6.07, 6.45) is 3.15. The Balaban J connectivity index is 2.19. The normalized spacial score (nSPS) is 13.4. The van der Waals surface area contributed by atoms with E-state index in [1.54, 1.807) is 0 Å². The Morgan fingerprint density at radius 1 is 1.35 bits per heavy atom. The van der Waals surface area contributed by atoms with E-state index >= 15 is 0 Å². The van der Waals surface area contributed by atoms with E-state index < -0.39 is 0 Å². The third-order valence-corrected chi connectivity index (χ3v) is 3.28. The van der Waals surface area contributed by atoms with Gasteiger partial charge in [-0.25, -0.2) is 4.68 Å². The minimum Gasteiger partial charge on any atom is -0.236 e. The molecule has 2 aromatic rings. The number of aryl methyl sites for hydroxylation is 1. The second-order valence-electron chi connectivity index (χ2n) is 4.49. The third-order valence-electron chi connectivity index (χ3n) is 3.28. The Morgan fingerprint density at radius 2 is 2.24 bits per heavy atom. The Morgan fingerprint density at radius 3 is 3.00 bits per heavy atom. The van der Waals surface area contributed by atoms with E-state index in [1.807, 2.05) is 16.8 Å². The van der Waals surface area contributed by atoms with Crippen LogP contribution in [-0.2, 0) is 12.8 Å². The van der Waals surface area contributed by atoms with E-state index in [1.165, 1.54) is 11.3 Å². The maximum absolute atomic E-state index is 9.09. The molecule has 3 nitrogen and oxygen atoms in total. The summed E-state index contributed by atoms with van der Waals surface area (Å²) in [6.45, 7) is 2.07. The summed E-state index contributed by atoms with van der Waals surface area (Å²) in [6, 6.07) is 10.4. The lowest BCUT2D eigenvalue weighted by Crippen LogP contribution is -2.01. The van der Waals surface area contributed by atoms with Crippen molar-refractivity contribution >= 4 is 0 Å². The molecule has 0 radical (unpaired) electrons. The minimum absolute atomic E-state index is 0.596. The molecule has 0 spiro atoms. The van der Waals surface area contributed by atoms with Crippen LogP contribution in [0, 0.1) is 18.3 Å². The van der Waals surface area contributed by atoms with Crippen LogP contribution in [0.4, 0.5) is 0 Å². The van der Waals surface area contributed by atoms with Gasteiger partial charge in [0.2, 0.25) is 0 Å². The van der Waals surface area contributed by atoms with Crippen LogP contribution in [0.3, 0.4) is 0 Å². The van der Waals surface area contributed by atoms with Gasteiger partial charge in [0.15, 0.2) is 5.69 Å². The van der Waals surface area contributed by atoms with Crippen LogP contribution in [0.1, 0.15) is 28.9 Å². The van der Waals surface area contributed by atoms with Gasteiger partial charge in [-0.15, -0.1) is 0 Å². The second kappa shape index (κ2) is 3.74. The van der Waals surface area contributed by atoms with Gasteiger partial charge in [0.05, 0.1) is 5.69 Å². The summed E-state index contributed by atoms with van der Waals surface area (Å²) in [4.78, 5) is 0. The highest BCUT2D eigenvalue weighted by atomic mass is 15.3. The molecule has 0 atom stereocenters. The highest BCUT2D eigenvalue weighted by Crippen LogP contribution is 2.27. The average molecular weight is 223 g/mol. The van der Waals surface area contributed by atoms with Gasteiger partial charge < -0.3 is 0 Å². The number of hydrogen-bond donors (Lipinski definition) is 0. The highest BCUT2D eigenvalue weighted by molar-refractivity contribution is 5.44. The van der Waals surface area contributed by atoms with Gasteiger partial charge in [-0.05, 0) is 43.9 Å². The molecule has 1 aliphatic rings. The zero-order valence-corrected chi connectivity index (χ0v) is 9.77. The number of rotatable bonds is 1. The molecular weight excluding hydrogens is 210 g/mol. The molecule has 0 amide bonds. The van der Waals surface area contributed by atoms with Crippen LogP contribution in [0.15, 0.2) is 24.3 Å². The van der Waals surface area contributed by atoms with E-state index in [-0.39, 0.29) is 0 Å². The van der Waals surface area contributed by atoms with Crippen LogP contribution in [0.25, 0.3) is 5.69 Å². The molecule has 84 valence electrons. The van der Waals surface area contributed by atoms with Gasteiger partial charge >= 0.3 is 0 Å². The molecule has 1 aromatic carbocycles. The molecular formula is C14H13N3. The first-order valence-corrected chi connectivity index (χ1v) is 5.87. The van der Waals surface area contributed by atoms with Crippen LogP contribution in [0.5, 0.6) is 0 Å². The molecule has 1 aliphatic carbocycles. The van der Waals surface area contributed by atoms with Crippen molar-refractivity contribution in [2.75, 3.05) is 0 Å². The minimum atomic E-state index is 0.596. The predicted molar refractivity (Wildman–Crippen MR) is 65.0 cm³/mol. The van der Waals surface area contributed by atoms with E-state index in [4.69, 9.17) is 5.26 Å². The Bertz CT molecular complexity index is 617. The lowest BCUT2D eigenvalue weighted by Gasteiger charge is -2.05.